The summed E-state index contributed by atoms with van der Waals surface area (Å²) in [4.78, 5) is 16.0. The van der Waals surface area contributed by atoms with Gasteiger partial charge in [0.1, 0.15) is 0 Å². The molecule has 3 aromatic rings. The highest BCUT2D eigenvalue weighted by atomic mass is 16.5. The lowest BCUT2D eigenvalue weighted by Gasteiger charge is -2.14. The first-order valence-corrected chi connectivity index (χ1v) is 8.65. The second kappa shape index (κ2) is 6.09. The van der Waals surface area contributed by atoms with Crippen molar-refractivity contribution in [1.82, 2.24) is 25.2 Å². The average Bonchev–Trinajstić information content (AvgIpc) is 3.29. The van der Waals surface area contributed by atoms with E-state index in [0.717, 1.165) is 22.6 Å². The van der Waals surface area contributed by atoms with Crippen molar-refractivity contribution in [1.29, 1.82) is 0 Å². The molecule has 7 heteroatoms. The SMILES string of the molecule is Cc1cc(C)n(-c2ccc(Cc3noc(C4(C)CNC(=O)C4)n3)cc2)n1. The minimum atomic E-state index is -0.415. The smallest absolute Gasteiger partial charge is 0.234 e. The van der Waals surface area contributed by atoms with Gasteiger partial charge in [-0.3, -0.25) is 4.79 Å². The van der Waals surface area contributed by atoms with E-state index in [1.54, 1.807) is 0 Å². The Morgan fingerprint density at radius 1 is 1.27 bits per heavy atom. The molecule has 1 aromatic carbocycles. The first-order valence-electron chi connectivity index (χ1n) is 8.65. The van der Waals surface area contributed by atoms with Gasteiger partial charge in [0.2, 0.25) is 11.8 Å². The molecule has 1 saturated heterocycles. The zero-order valence-corrected chi connectivity index (χ0v) is 15.1. The normalized spacial score (nSPS) is 19.7. The molecule has 0 saturated carbocycles. The second-order valence-corrected chi connectivity index (χ2v) is 7.21. The van der Waals surface area contributed by atoms with Crippen LogP contribution in [0.3, 0.4) is 0 Å². The Hall–Kier alpha value is -2.96. The lowest BCUT2D eigenvalue weighted by Crippen LogP contribution is -2.25. The highest BCUT2D eigenvalue weighted by Crippen LogP contribution is 2.29. The van der Waals surface area contributed by atoms with Gasteiger partial charge < -0.3 is 9.84 Å². The summed E-state index contributed by atoms with van der Waals surface area (Å²) in [5, 5.41) is 11.4. The van der Waals surface area contributed by atoms with Crippen molar-refractivity contribution in [2.45, 2.75) is 39.0 Å². The summed E-state index contributed by atoms with van der Waals surface area (Å²) >= 11 is 0. The quantitative estimate of drug-likeness (QED) is 0.779. The van der Waals surface area contributed by atoms with Crippen molar-refractivity contribution in [2.24, 2.45) is 0 Å². The third-order valence-corrected chi connectivity index (χ3v) is 4.76. The molecular weight excluding hydrogens is 330 g/mol. The molecule has 1 unspecified atom stereocenters. The number of nitrogens with zero attached hydrogens (tertiary/aromatic N) is 4. The molecule has 1 fully saturated rings. The number of aryl methyl sites for hydroxylation is 2. The Kier molecular flexibility index (Phi) is 3.86. The van der Waals surface area contributed by atoms with Gasteiger partial charge >= 0.3 is 0 Å². The molecule has 3 heterocycles. The minimum absolute atomic E-state index is 0.0204. The number of carbonyl (C=O) groups is 1. The number of benzene rings is 1. The number of aromatic nitrogens is 4. The van der Waals surface area contributed by atoms with Gasteiger partial charge in [-0.2, -0.15) is 10.1 Å². The first kappa shape index (κ1) is 16.5. The number of hydrogen-bond donors (Lipinski definition) is 1. The number of rotatable bonds is 4. The van der Waals surface area contributed by atoms with Gasteiger partial charge in [-0.15, -0.1) is 0 Å². The Labute approximate surface area is 151 Å². The molecule has 0 spiro atoms. The van der Waals surface area contributed by atoms with E-state index in [4.69, 9.17) is 4.52 Å². The van der Waals surface area contributed by atoms with Gasteiger partial charge in [0.25, 0.3) is 0 Å². The predicted molar refractivity (Wildman–Crippen MR) is 95.1 cm³/mol. The molecule has 134 valence electrons. The summed E-state index contributed by atoms with van der Waals surface area (Å²) in [6.45, 7) is 6.52. The zero-order valence-electron chi connectivity index (χ0n) is 15.1. The van der Waals surface area contributed by atoms with Gasteiger partial charge in [-0.25, -0.2) is 4.68 Å². The van der Waals surface area contributed by atoms with E-state index in [2.05, 4.69) is 26.6 Å². The first-order chi connectivity index (χ1) is 12.4. The van der Waals surface area contributed by atoms with Gasteiger partial charge in [0, 0.05) is 25.1 Å². The third-order valence-electron chi connectivity index (χ3n) is 4.76. The molecule has 1 N–H and O–H groups in total. The van der Waals surface area contributed by atoms with E-state index >= 15 is 0 Å². The van der Waals surface area contributed by atoms with E-state index in [0.29, 0.717) is 31.1 Å². The maximum Gasteiger partial charge on any atom is 0.234 e. The molecule has 1 amide bonds. The van der Waals surface area contributed by atoms with Crippen LogP contribution in [0.15, 0.2) is 34.9 Å². The van der Waals surface area contributed by atoms with E-state index in [1.807, 2.05) is 49.7 Å². The van der Waals surface area contributed by atoms with Crippen molar-refractivity contribution in [3.05, 3.63) is 59.0 Å². The fourth-order valence-corrected chi connectivity index (χ4v) is 3.32. The second-order valence-electron chi connectivity index (χ2n) is 7.21. The fraction of sp³-hybridized carbons (Fsp3) is 0.368. The van der Waals surface area contributed by atoms with Crippen LogP contribution in [0.25, 0.3) is 5.69 Å². The number of nitrogens with one attached hydrogen (secondary N) is 1. The topological polar surface area (TPSA) is 85.8 Å². The van der Waals surface area contributed by atoms with Gasteiger partial charge in [-0.1, -0.05) is 17.3 Å². The lowest BCUT2D eigenvalue weighted by molar-refractivity contribution is -0.119. The van der Waals surface area contributed by atoms with Crippen LogP contribution in [0.4, 0.5) is 0 Å². The van der Waals surface area contributed by atoms with Crippen LogP contribution in [0.1, 0.15) is 42.0 Å². The average molecular weight is 351 g/mol. The fourth-order valence-electron chi connectivity index (χ4n) is 3.32. The summed E-state index contributed by atoms with van der Waals surface area (Å²) in [5.41, 5.74) is 3.80. The number of carbonyl (C=O) groups excluding carboxylic acids is 1. The molecule has 1 atom stereocenters. The van der Waals surface area contributed by atoms with E-state index < -0.39 is 5.41 Å². The molecule has 2 aromatic heterocycles. The van der Waals surface area contributed by atoms with Crippen LogP contribution in [0, 0.1) is 13.8 Å². The van der Waals surface area contributed by atoms with Crippen LogP contribution in [0.5, 0.6) is 0 Å². The van der Waals surface area contributed by atoms with Crippen LogP contribution in [0.2, 0.25) is 0 Å². The minimum Gasteiger partial charge on any atom is -0.355 e. The van der Waals surface area contributed by atoms with Crippen molar-refractivity contribution < 1.29 is 9.32 Å². The summed E-state index contributed by atoms with van der Waals surface area (Å²) in [5.74, 6) is 1.16. The maximum atomic E-state index is 11.5. The molecule has 0 bridgehead atoms. The molecule has 26 heavy (non-hydrogen) atoms. The monoisotopic (exact) mass is 351 g/mol. The van der Waals surface area contributed by atoms with Crippen molar-refractivity contribution in [3.63, 3.8) is 0 Å². The largest absolute Gasteiger partial charge is 0.355 e. The molecule has 1 aliphatic rings. The number of hydrogen-bond acceptors (Lipinski definition) is 5. The Morgan fingerprint density at radius 3 is 2.65 bits per heavy atom. The predicted octanol–water partition coefficient (Wildman–Crippen LogP) is 2.24. The Bertz CT molecular complexity index is 957. The van der Waals surface area contributed by atoms with E-state index in [1.165, 1.54) is 0 Å². The molecule has 7 nitrogen and oxygen atoms in total. The molecule has 0 aliphatic carbocycles. The summed E-state index contributed by atoms with van der Waals surface area (Å²) in [6, 6.07) is 10.2. The van der Waals surface area contributed by atoms with E-state index in [-0.39, 0.29) is 5.91 Å². The molecule has 1 aliphatic heterocycles. The highest BCUT2D eigenvalue weighted by molar-refractivity contribution is 5.80. The van der Waals surface area contributed by atoms with Crippen molar-refractivity contribution in [2.75, 3.05) is 6.54 Å². The zero-order chi connectivity index (χ0) is 18.3. The molecule has 0 radical (unpaired) electrons. The summed E-state index contributed by atoms with van der Waals surface area (Å²) in [7, 11) is 0. The van der Waals surface area contributed by atoms with Crippen LogP contribution in [-0.2, 0) is 16.6 Å². The van der Waals surface area contributed by atoms with Crippen molar-refractivity contribution >= 4 is 5.91 Å². The Morgan fingerprint density at radius 2 is 2.04 bits per heavy atom. The highest BCUT2D eigenvalue weighted by Gasteiger charge is 2.40. The summed E-state index contributed by atoms with van der Waals surface area (Å²) < 4.78 is 7.34. The van der Waals surface area contributed by atoms with E-state index in [9.17, 15) is 4.79 Å². The molecular formula is C19H21N5O2. The molecule has 4 rings (SSSR count). The van der Waals surface area contributed by atoms with Gasteiger partial charge in [0.15, 0.2) is 5.82 Å². The van der Waals surface area contributed by atoms with Crippen LogP contribution < -0.4 is 5.32 Å². The maximum absolute atomic E-state index is 11.5. The lowest BCUT2D eigenvalue weighted by atomic mass is 9.90. The third kappa shape index (κ3) is 3.00. The van der Waals surface area contributed by atoms with Crippen molar-refractivity contribution in [3.8, 4) is 5.69 Å². The standard InChI is InChI=1S/C19H21N5O2/c1-12-8-13(2)24(22-12)15-6-4-14(5-7-15)9-16-21-18(26-23-16)19(3)10-17(25)20-11-19/h4-8H,9-11H2,1-3H3,(H,20,25). The van der Waals surface area contributed by atoms with Gasteiger partial charge in [0.05, 0.1) is 16.8 Å². The number of amides is 1. The summed E-state index contributed by atoms with van der Waals surface area (Å²) in [6.07, 6.45) is 0.963. The van der Waals surface area contributed by atoms with Gasteiger partial charge in [-0.05, 0) is 44.5 Å². The Balaban J connectivity index is 1.50. The van der Waals surface area contributed by atoms with Crippen LogP contribution >= 0.6 is 0 Å². The van der Waals surface area contributed by atoms with Crippen LogP contribution in [-0.4, -0.2) is 32.4 Å².